The van der Waals surface area contributed by atoms with Crippen LogP contribution in [0.5, 0.6) is 0 Å². The molecule has 3 aromatic rings. The fourth-order valence-corrected chi connectivity index (χ4v) is 2.46. The zero-order chi connectivity index (χ0) is 16.9. The first-order chi connectivity index (χ1) is 11.7. The van der Waals surface area contributed by atoms with Crippen molar-refractivity contribution in [1.82, 2.24) is 14.5 Å². The van der Waals surface area contributed by atoms with E-state index in [1.165, 1.54) is 0 Å². The Morgan fingerprint density at radius 2 is 2.17 bits per heavy atom. The quantitative estimate of drug-likeness (QED) is 0.721. The first-order valence-corrected chi connectivity index (χ1v) is 8.00. The first-order valence-electron chi connectivity index (χ1n) is 8.00. The van der Waals surface area contributed by atoms with Gasteiger partial charge in [-0.05, 0) is 18.6 Å². The minimum Gasteiger partial charge on any atom is -0.449 e. The lowest BCUT2D eigenvalue weighted by atomic mass is 10.1. The van der Waals surface area contributed by atoms with Crippen molar-refractivity contribution in [2.45, 2.75) is 19.8 Å². The van der Waals surface area contributed by atoms with Gasteiger partial charge in [-0.15, -0.1) is 0 Å². The Balaban J connectivity index is 1.96. The predicted molar refractivity (Wildman–Crippen MR) is 93.8 cm³/mol. The van der Waals surface area contributed by atoms with Gasteiger partial charge in [-0.25, -0.2) is 14.8 Å². The molecule has 0 atom stereocenters. The number of pyridine rings is 1. The number of imidazole rings is 1. The highest BCUT2D eigenvalue weighted by Crippen LogP contribution is 2.27. The topological polar surface area (TPSA) is 69.0 Å². The molecule has 0 spiro atoms. The SMILES string of the molecule is CCCCOC(=O)Nc1cc(-c2nccn2C)nc2ccccc12. The van der Waals surface area contributed by atoms with Gasteiger partial charge in [-0.1, -0.05) is 31.5 Å². The molecular formula is C18H20N4O2. The van der Waals surface area contributed by atoms with Crippen LogP contribution >= 0.6 is 0 Å². The largest absolute Gasteiger partial charge is 0.449 e. The number of carbonyl (C=O) groups excluding carboxylic acids is 1. The van der Waals surface area contributed by atoms with E-state index in [-0.39, 0.29) is 0 Å². The van der Waals surface area contributed by atoms with Crippen LogP contribution < -0.4 is 5.32 Å². The molecule has 6 heteroatoms. The fraction of sp³-hybridized carbons (Fsp3) is 0.278. The summed E-state index contributed by atoms with van der Waals surface area (Å²) in [7, 11) is 1.91. The van der Waals surface area contributed by atoms with Gasteiger partial charge in [0.1, 0.15) is 5.69 Å². The van der Waals surface area contributed by atoms with Gasteiger partial charge in [0.25, 0.3) is 0 Å². The number of ether oxygens (including phenoxy) is 1. The Labute approximate surface area is 140 Å². The van der Waals surface area contributed by atoms with E-state index in [0.29, 0.717) is 18.0 Å². The molecule has 6 nitrogen and oxygen atoms in total. The molecule has 0 unspecified atom stereocenters. The molecule has 0 bridgehead atoms. The Morgan fingerprint density at radius 3 is 2.92 bits per heavy atom. The van der Waals surface area contributed by atoms with E-state index in [1.807, 2.05) is 48.1 Å². The monoisotopic (exact) mass is 324 g/mol. The van der Waals surface area contributed by atoms with E-state index >= 15 is 0 Å². The Morgan fingerprint density at radius 1 is 1.33 bits per heavy atom. The molecule has 24 heavy (non-hydrogen) atoms. The molecule has 1 aromatic carbocycles. The number of hydrogen-bond donors (Lipinski definition) is 1. The maximum atomic E-state index is 12.0. The van der Waals surface area contributed by atoms with E-state index in [0.717, 1.165) is 29.6 Å². The number of anilines is 1. The summed E-state index contributed by atoms with van der Waals surface area (Å²) in [6.07, 6.45) is 4.96. The highest BCUT2D eigenvalue weighted by molar-refractivity contribution is 6.00. The molecule has 2 aromatic heterocycles. The van der Waals surface area contributed by atoms with Crippen LogP contribution in [0.25, 0.3) is 22.4 Å². The summed E-state index contributed by atoms with van der Waals surface area (Å²) >= 11 is 0. The van der Waals surface area contributed by atoms with Crippen LogP contribution in [-0.2, 0) is 11.8 Å². The van der Waals surface area contributed by atoms with E-state index in [4.69, 9.17) is 4.74 Å². The molecule has 0 aliphatic heterocycles. The maximum Gasteiger partial charge on any atom is 0.411 e. The Kier molecular flexibility index (Phi) is 4.74. The molecule has 1 N–H and O–H groups in total. The molecule has 2 heterocycles. The smallest absolute Gasteiger partial charge is 0.411 e. The van der Waals surface area contributed by atoms with Crippen LogP contribution in [0.1, 0.15) is 19.8 Å². The van der Waals surface area contributed by atoms with Crippen LogP contribution in [0.4, 0.5) is 10.5 Å². The van der Waals surface area contributed by atoms with Gasteiger partial charge >= 0.3 is 6.09 Å². The number of nitrogens with one attached hydrogen (secondary N) is 1. The predicted octanol–water partition coefficient (Wildman–Crippen LogP) is 3.98. The summed E-state index contributed by atoms with van der Waals surface area (Å²) in [5.74, 6) is 0.739. The van der Waals surface area contributed by atoms with Gasteiger partial charge in [0.2, 0.25) is 0 Å². The zero-order valence-electron chi connectivity index (χ0n) is 13.8. The second kappa shape index (κ2) is 7.12. The zero-order valence-corrected chi connectivity index (χ0v) is 13.8. The third-order valence-corrected chi connectivity index (χ3v) is 3.73. The number of amides is 1. The highest BCUT2D eigenvalue weighted by atomic mass is 16.5. The average Bonchev–Trinajstić information content (AvgIpc) is 3.01. The van der Waals surface area contributed by atoms with Crippen LogP contribution in [0.15, 0.2) is 42.7 Å². The fourth-order valence-electron chi connectivity index (χ4n) is 2.46. The van der Waals surface area contributed by atoms with Crippen LogP contribution in [-0.4, -0.2) is 27.2 Å². The Hall–Kier alpha value is -2.89. The maximum absolute atomic E-state index is 12.0. The number of hydrogen-bond acceptors (Lipinski definition) is 4. The van der Waals surface area contributed by atoms with Gasteiger partial charge in [-0.2, -0.15) is 0 Å². The summed E-state index contributed by atoms with van der Waals surface area (Å²) in [6.45, 7) is 2.47. The third-order valence-electron chi connectivity index (χ3n) is 3.73. The lowest BCUT2D eigenvalue weighted by Gasteiger charge is -2.11. The number of nitrogens with zero attached hydrogens (tertiary/aromatic N) is 3. The van der Waals surface area contributed by atoms with Crippen molar-refractivity contribution in [2.24, 2.45) is 7.05 Å². The number of rotatable bonds is 5. The van der Waals surface area contributed by atoms with Gasteiger partial charge in [0.05, 0.1) is 17.8 Å². The highest BCUT2D eigenvalue weighted by Gasteiger charge is 2.13. The molecule has 0 aliphatic rings. The molecule has 0 saturated heterocycles. The number of aromatic nitrogens is 3. The van der Waals surface area contributed by atoms with Crippen LogP contribution in [0.3, 0.4) is 0 Å². The molecule has 0 fully saturated rings. The molecule has 124 valence electrons. The standard InChI is InChI=1S/C18H20N4O2/c1-3-4-11-24-18(23)21-15-12-16(17-19-9-10-22(17)2)20-14-8-6-5-7-13(14)15/h5-10,12H,3-4,11H2,1-2H3,(H,20,21,23). The van der Waals surface area contributed by atoms with Crippen molar-refractivity contribution in [3.8, 4) is 11.5 Å². The lowest BCUT2D eigenvalue weighted by molar-refractivity contribution is 0.160. The summed E-state index contributed by atoms with van der Waals surface area (Å²) in [6, 6.07) is 9.49. The van der Waals surface area contributed by atoms with Crippen molar-refractivity contribution in [3.05, 3.63) is 42.7 Å². The van der Waals surface area contributed by atoms with E-state index in [2.05, 4.69) is 22.2 Å². The van der Waals surface area contributed by atoms with Gasteiger partial charge in [-0.3, -0.25) is 5.32 Å². The second-order valence-electron chi connectivity index (χ2n) is 5.55. The molecule has 0 radical (unpaired) electrons. The van der Waals surface area contributed by atoms with Gasteiger partial charge < -0.3 is 9.30 Å². The minimum atomic E-state index is -0.453. The minimum absolute atomic E-state index is 0.414. The van der Waals surface area contributed by atoms with E-state index in [9.17, 15) is 4.79 Å². The van der Waals surface area contributed by atoms with E-state index in [1.54, 1.807) is 6.20 Å². The van der Waals surface area contributed by atoms with Crippen LogP contribution in [0, 0.1) is 0 Å². The van der Waals surface area contributed by atoms with Crippen molar-refractivity contribution >= 4 is 22.7 Å². The van der Waals surface area contributed by atoms with Crippen LogP contribution in [0.2, 0.25) is 0 Å². The average molecular weight is 324 g/mol. The summed E-state index contributed by atoms with van der Waals surface area (Å²) in [5, 5.41) is 3.69. The van der Waals surface area contributed by atoms with Gasteiger partial charge in [0, 0.05) is 24.8 Å². The van der Waals surface area contributed by atoms with Gasteiger partial charge in [0.15, 0.2) is 5.82 Å². The summed E-state index contributed by atoms with van der Waals surface area (Å²) in [5.41, 5.74) is 2.16. The van der Waals surface area contributed by atoms with Crippen molar-refractivity contribution in [1.29, 1.82) is 0 Å². The van der Waals surface area contributed by atoms with Crippen molar-refractivity contribution in [3.63, 3.8) is 0 Å². The normalized spacial score (nSPS) is 10.8. The number of benzene rings is 1. The van der Waals surface area contributed by atoms with Crippen molar-refractivity contribution < 1.29 is 9.53 Å². The second-order valence-corrected chi connectivity index (χ2v) is 5.55. The van der Waals surface area contributed by atoms with E-state index < -0.39 is 6.09 Å². The van der Waals surface area contributed by atoms with Crippen molar-refractivity contribution in [2.75, 3.05) is 11.9 Å². The number of unbranched alkanes of at least 4 members (excludes halogenated alkanes) is 1. The number of para-hydroxylation sites is 1. The third kappa shape index (κ3) is 3.37. The summed E-state index contributed by atoms with van der Waals surface area (Å²) in [4.78, 5) is 21.0. The molecule has 3 rings (SSSR count). The molecule has 0 saturated carbocycles. The first kappa shape index (κ1) is 16.0. The summed E-state index contributed by atoms with van der Waals surface area (Å²) < 4.78 is 7.09. The molecule has 0 aliphatic carbocycles. The molecular weight excluding hydrogens is 304 g/mol. The number of aryl methyl sites for hydroxylation is 1. The number of fused-ring (bicyclic) bond motifs is 1. The Bertz CT molecular complexity index is 857. The molecule has 1 amide bonds. The lowest BCUT2D eigenvalue weighted by Crippen LogP contribution is -2.15. The number of carbonyl (C=O) groups is 1.